The van der Waals surface area contributed by atoms with Gasteiger partial charge in [0.2, 0.25) is 5.91 Å². The van der Waals surface area contributed by atoms with Crippen molar-refractivity contribution in [2.24, 2.45) is 5.73 Å². The maximum absolute atomic E-state index is 13.1. The van der Waals surface area contributed by atoms with Gasteiger partial charge in [0.05, 0.1) is 124 Å². The Labute approximate surface area is 288 Å². The number of hydrogen-bond acceptors (Lipinski definition) is 13. The summed E-state index contributed by atoms with van der Waals surface area (Å²) in [6.07, 6.45) is 3.09. The van der Waals surface area contributed by atoms with E-state index in [0.717, 1.165) is 25.0 Å². The molecule has 2 heterocycles. The van der Waals surface area contributed by atoms with Gasteiger partial charge >= 0.3 is 12.0 Å². The average Bonchev–Trinajstić information content (AvgIpc) is 3.63. The molecule has 0 aromatic carbocycles. The van der Waals surface area contributed by atoms with E-state index < -0.39 is 5.97 Å². The number of nitrogens with one attached hydrogen (secondary N) is 2. The summed E-state index contributed by atoms with van der Waals surface area (Å²) >= 11 is 1.88. The predicted octanol–water partition coefficient (Wildman–Crippen LogP) is 0.107. The molecular formula is C31H58N4O12S. The standard InChI is InChI=1S/C31H58N4O12S/c32-6-10-41-14-18-45-22-24-47-20-16-43-12-8-35(7-11-42-15-19-46-23-21-44-17-13-40-9-5-29(37)38)28(36)4-2-1-3-27-30-26(25-48-27)33-31(39)34-30/h26-27,30H,1-25,32H2,(H,37,38)(H2,33,34,39)/t26-,27?,30-/m0/s1. The number of ether oxygens (including phenoxy) is 8. The Hall–Kier alpha value is -1.80. The molecule has 2 aliphatic heterocycles. The molecule has 2 rings (SSSR count). The second-order valence-electron chi connectivity index (χ2n) is 11.1. The van der Waals surface area contributed by atoms with Crippen LogP contribution >= 0.6 is 11.8 Å². The number of carbonyl (C=O) groups excluding carboxylic acids is 2. The molecule has 0 saturated carbocycles. The molecule has 0 aromatic heterocycles. The molecule has 0 radical (unpaired) electrons. The predicted molar refractivity (Wildman–Crippen MR) is 178 cm³/mol. The fraction of sp³-hybridized carbons (Fsp3) is 0.903. The van der Waals surface area contributed by atoms with Crippen molar-refractivity contribution in [1.82, 2.24) is 15.5 Å². The van der Waals surface area contributed by atoms with Gasteiger partial charge in [-0.3, -0.25) is 9.59 Å². The Morgan fingerprint density at radius 3 is 1.67 bits per heavy atom. The van der Waals surface area contributed by atoms with E-state index in [1.165, 1.54) is 0 Å². The molecule has 2 saturated heterocycles. The molecule has 2 fully saturated rings. The minimum Gasteiger partial charge on any atom is -0.481 e. The molecule has 48 heavy (non-hydrogen) atoms. The Morgan fingerprint density at radius 2 is 1.17 bits per heavy atom. The number of fused-ring (bicyclic) bond motifs is 1. The fourth-order valence-electron chi connectivity index (χ4n) is 4.90. The number of hydrogen-bond donors (Lipinski definition) is 4. The van der Waals surface area contributed by atoms with Crippen molar-refractivity contribution >= 4 is 29.7 Å². The quantitative estimate of drug-likeness (QED) is 0.0518. The summed E-state index contributed by atoms with van der Waals surface area (Å²) in [6, 6.07) is 0.298. The average molecular weight is 711 g/mol. The molecule has 16 nitrogen and oxygen atoms in total. The topological polar surface area (TPSA) is 199 Å². The molecule has 3 atom stereocenters. The van der Waals surface area contributed by atoms with Crippen molar-refractivity contribution in [3.05, 3.63) is 0 Å². The van der Waals surface area contributed by atoms with Gasteiger partial charge in [0.25, 0.3) is 0 Å². The second kappa shape index (κ2) is 29.0. The van der Waals surface area contributed by atoms with Crippen molar-refractivity contribution in [3.63, 3.8) is 0 Å². The first kappa shape index (κ1) is 42.4. The minimum atomic E-state index is -0.889. The van der Waals surface area contributed by atoms with Crippen LogP contribution in [-0.2, 0) is 47.5 Å². The van der Waals surface area contributed by atoms with Gasteiger partial charge in [0.15, 0.2) is 0 Å². The van der Waals surface area contributed by atoms with E-state index in [1.54, 1.807) is 4.90 Å². The number of unbranched alkanes of at least 4 members (excludes halogenated alkanes) is 1. The molecule has 17 heteroatoms. The number of nitrogens with zero attached hydrogens (tertiary/aromatic N) is 1. The summed E-state index contributed by atoms with van der Waals surface area (Å²) in [6.45, 7) is 8.02. The van der Waals surface area contributed by atoms with Crippen LogP contribution in [0.4, 0.5) is 4.79 Å². The number of urea groups is 1. The third-order valence-corrected chi connectivity index (χ3v) is 8.89. The van der Waals surface area contributed by atoms with Gasteiger partial charge in [0, 0.05) is 37.1 Å². The minimum absolute atomic E-state index is 0.0231. The third-order valence-electron chi connectivity index (χ3n) is 7.39. The van der Waals surface area contributed by atoms with Gasteiger partial charge in [-0.25, -0.2) is 4.79 Å². The highest BCUT2D eigenvalue weighted by atomic mass is 32.2. The molecule has 0 aromatic rings. The lowest BCUT2D eigenvalue weighted by Crippen LogP contribution is -2.37. The number of carboxylic acid groups (broad SMARTS) is 1. The zero-order valence-corrected chi connectivity index (χ0v) is 29.1. The largest absolute Gasteiger partial charge is 0.481 e. The molecule has 0 bridgehead atoms. The van der Waals surface area contributed by atoms with E-state index in [1.807, 2.05) is 11.8 Å². The van der Waals surface area contributed by atoms with Crippen LogP contribution in [0.5, 0.6) is 0 Å². The van der Waals surface area contributed by atoms with Crippen LogP contribution in [-0.4, -0.2) is 176 Å². The van der Waals surface area contributed by atoms with E-state index in [4.69, 9.17) is 48.7 Å². The number of carbonyl (C=O) groups is 3. The van der Waals surface area contributed by atoms with Crippen molar-refractivity contribution < 1.29 is 57.4 Å². The SMILES string of the molecule is NCCOCCOCCOCCOCCN(CCOCCOCCOCCOCCC(=O)O)C(=O)CCCCC1SC[C@@H]2NC(=O)N[C@H]12. The van der Waals surface area contributed by atoms with Gasteiger partial charge < -0.3 is 64.3 Å². The Kier molecular flexibility index (Phi) is 25.6. The van der Waals surface area contributed by atoms with Crippen LogP contribution in [0.25, 0.3) is 0 Å². The number of aliphatic carboxylic acids is 1. The number of nitrogens with two attached hydrogens (primary N) is 1. The Morgan fingerprint density at radius 1 is 0.688 bits per heavy atom. The molecule has 1 unspecified atom stereocenters. The highest BCUT2D eigenvalue weighted by Gasteiger charge is 2.42. The maximum Gasteiger partial charge on any atom is 0.315 e. The van der Waals surface area contributed by atoms with Crippen LogP contribution in [0.15, 0.2) is 0 Å². The Balaban J connectivity index is 1.55. The van der Waals surface area contributed by atoms with E-state index in [-0.39, 0.29) is 37.0 Å². The molecular weight excluding hydrogens is 652 g/mol. The van der Waals surface area contributed by atoms with Crippen LogP contribution in [0.3, 0.4) is 0 Å². The highest BCUT2D eigenvalue weighted by molar-refractivity contribution is 8.00. The number of amides is 3. The van der Waals surface area contributed by atoms with E-state index in [9.17, 15) is 14.4 Å². The maximum atomic E-state index is 13.1. The van der Waals surface area contributed by atoms with Gasteiger partial charge in [0.1, 0.15) is 0 Å². The van der Waals surface area contributed by atoms with E-state index >= 15 is 0 Å². The highest BCUT2D eigenvalue weighted by Crippen LogP contribution is 2.33. The number of rotatable bonds is 34. The summed E-state index contributed by atoms with van der Waals surface area (Å²) in [7, 11) is 0. The van der Waals surface area contributed by atoms with Crippen molar-refractivity contribution in [2.75, 3.05) is 131 Å². The lowest BCUT2D eigenvalue weighted by Gasteiger charge is -2.23. The molecule has 0 aliphatic carbocycles. The first-order chi connectivity index (χ1) is 23.5. The first-order valence-corrected chi connectivity index (χ1v) is 18.1. The zero-order chi connectivity index (χ0) is 34.5. The summed E-state index contributed by atoms with van der Waals surface area (Å²) in [5, 5.41) is 14.9. The summed E-state index contributed by atoms with van der Waals surface area (Å²) in [5.74, 6) is 0.107. The summed E-state index contributed by atoms with van der Waals surface area (Å²) in [5.41, 5.74) is 5.37. The lowest BCUT2D eigenvalue weighted by molar-refractivity contribution is -0.138. The fourth-order valence-corrected chi connectivity index (χ4v) is 6.44. The van der Waals surface area contributed by atoms with E-state index in [0.29, 0.717) is 130 Å². The molecule has 280 valence electrons. The first-order valence-electron chi connectivity index (χ1n) is 17.0. The monoisotopic (exact) mass is 710 g/mol. The summed E-state index contributed by atoms with van der Waals surface area (Å²) in [4.78, 5) is 37.0. The number of carboxylic acids is 1. The van der Waals surface area contributed by atoms with Gasteiger partial charge in [-0.1, -0.05) is 6.42 Å². The van der Waals surface area contributed by atoms with Crippen LogP contribution in [0.1, 0.15) is 32.1 Å². The molecule has 2 aliphatic rings. The van der Waals surface area contributed by atoms with Gasteiger partial charge in [-0.15, -0.1) is 0 Å². The normalized spacial score (nSPS) is 18.5. The third kappa shape index (κ3) is 21.3. The van der Waals surface area contributed by atoms with Crippen molar-refractivity contribution in [2.45, 2.75) is 49.4 Å². The van der Waals surface area contributed by atoms with Crippen molar-refractivity contribution in [3.8, 4) is 0 Å². The molecule has 5 N–H and O–H groups in total. The second-order valence-corrected chi connectivity index (χ2v) is 12.4. The van der Waals surface area contributed by atoms with Crippen molar-refractivity contribution in [1.29, 1.82) is 0 Å². The number of thioether (sulfide) groups is 1. The zero-order valence-electron chi connectivity index (χ0n) is 28.3. The molecule has 0 spiro atoms. The van der Waals surface area contributed by atoms with Gasteiger partial charge in [-0.05, 0) is 12.8 Å². The van der Waals surface area contributed by atoms with E-state index in [2.05, 4.69) is 10.6 Å². The van der Waals surface area contributed by atoms with Crippen LogP contribution in [0.2, 0.25) is 0 Å². The lowest BCUT2D eigenvalue weighted by atomic mass is 10.0. The Bertz CT molecular complexity index is 849. The molecule has 3 amide bonds. The van der Waals surface area contributed by atoms with Crippen LogP contribution in [0, 0.1) is 0 Å². The van der Waals surface area contributed by atoms with Gasteiger partial charge in [-0.2, -0.15) is 11.8 Å². The van der Waals surface area contributed by atoms with Crippen LogP contribution < -0.4 is 16.4 Å². The summed E-state index contributed by atoms with van der Waals surface area (Å²) < 4.78 is 43.7. The smallest absolute Gasteiger partial charge is 0.315 e.